The van der Waals surface area contributed by atoms with E-state index in [4.69, 9.17) is 4.98 Å². The van der Waals surface area contributed by atoms with E-state index in [1.807, 2.05) is 0 Å². The molecule has 0 aliphatic heterocycles. The summed E-state index contributed by atoms with van der Waals surface area (Å²) in [5.74, 6) is 2.71. The highest BCUT2D eigenvalue weighted by Crippen LogP contribution is 2.27. The first-order valence-electron chi connectivity index (χ1n) is 6.96. The second-order valence-electron chi connectivity index (χ2n) is 7.02. The first-order valence-corrected chi connectivity index (χ1v) is 6.96. The summed E-state index contributed by atoms with van der Waals surface area (Å²) in [6.45, 7) is 17.8. The van der Waals surface area contributed by atoms with Crippen LogP contribution in [0, 0.1) is 6.92 Å². The third-order valence-electron chi connectivity index (χ3n) is 2.65. The van der Waals surface area contributed by atoms with Crippen LogP contribution in [0.1, 0.15) is 59.9 Å². The summed E-state index contributed by atoms with van der Waals surface area (Å²) in [5.41, 5.74) is 0.994. The van der Waals surface area contributed by atoms with Gasteiger partial charge in [-0.2, -0.15) is 0 Å². The molecule has 0 amide bonds. The molecule has 1 heterocycles. The van der Waals surface area contributed by atoms with Crippen LogP contribution in [-0.2, 0) is 5.41 Å². The average Bonchev–Trinajstić information content (AvgIpc) is 2.20. The van der Waals surface area contributed by atoms with Crippen molar-refractivity contribution in [2.45, 2.75) is 66.3 Å². The fourth-order valence-corrected chi connectivity index (χ4v) is 1.67. The summed E-state index contributed by atoms with van der Waals surface area (Å²) < 4.78 is 0. The van der Waals surface area contributed by atoms with Gasteiger partial charge in [0.1, 0.15) is 17.5 Å². The van der Waals surface area contributed by atoms with E-state index in [9.17, 15) is 0 Å². The molecule has 4 heteroatoms. The van der Waals surface area contributed by atoms with Crippen LogP contribution in [0.4, 0.5) is 11.6 Å². The van der Waals surface area contributed by atoms with Crippen LogP contribution in [0.2, 0.25) is 0 Å². The van der Waals surface area contributed by atoms with Gasteiger partial charge in [0.25, 0.3) is 0 Å². The average molecular weight is 264 g/mol. The molecule has 0 aliphatic rings. The molecule has 0 saturated heterocycles. The van der Waals surface area contributed by atoms with E-state index in [0.29, 0.717) is 0 Å². The summed E-state index contributed by atoms with van der Waals surface area (Å²) in [4.78, 5) is 9.37. The Balaban J connectivity index is 3.32. The van der Waals surface area contributed by atoms with Crippen molar-refractivity contribution in [1.29, 1.82) is 0 Å². The van der Waals surface area contributed by atoms with Gasteiger partial charge in [-0.3, -0.25) is 0 Å². The molecule has 1 aromatic heterocycles. The molecular weight excluding hydrogens is 236 g/mol. The van der Waals surface area contributed by atoms with Crippen LogP contribution in [0.5, 0.6) is 0 Å². The highest BCUT2D eigenvalue weighted by Gasteiger charge is 2.22. The Bertz CT molecular complexity index is 439. The lowest BCUT2D eigenvalue weighted by Gasteiger charge is -2.26. The maximum Gasteiger partial charge on any atom is 0.138 e. The number of hydrogen-bond acceptors (Lipinski definition) is 4. The maximum absolute atomic E-state index is 4.71. The molecule has 0 unspecified atom stereocenters. The van der Waals surface area contributed by atoms with Gasteiger partial charge in [-0.25, -0.2) is 9.97 Å². The summed E-state index contributed by atoms with van der Waals surface area (Å²) >= 11 is 0. The molecule has 0 aliphatic carbocycles. The highest BCUT2D eigenvalue weighted by molar-refractivity contribution is 5.58. The molecule has 0 saturated carbocycles. The van der Waals surface area contributed by atoms with Crippen LogP contribution in [0.3, 0.4) is 0 Å². The lowest BCUT2D eigenvalue weighted by Crippen LogP contribution is -2.29. The quantitative estimate of drug-likeness (QED) is 0.873. The van der Waals surface area contributed by atoms with E-state index in [-0.39, 0.29) is 11.0 Å². The summed E-state index contributed by atoms with van der Waals surface area (Å²) in [6.07, 6.45) is 0. The smallest absolute Gasteiger partial charge is 0.138 e. The number of nitrogens with one attached hydrogen (secondary N) is 2. The largest absolute Gasteiger partial charge is 0.370 e. The molecular formula is C15H28N4. The van der Waals surface area contributed by atoms with Gasteiger partial charge in [-0.1, -0.05) is 20.8 Å². The standard InChI is InChI=1S/C15H28N4/c1-9-16-11-10(2)12(19-15(6,7)8)18-13(17-11)14(3,4)5/h9H2,1-8H3,(H2,16,17,18,19). The molecule has 0 radical (unpaired) electrons. The van der Waals surface area contributed by atoms with Crippen molar-refractivity contribution in [3.8, 4) is 0 Å². The Morgan fingerprint density at radius 1 is 0.947 bits per heavy atom. The first-order chi connectivity index (χ1) is 8.54. The van der Waals surface area contributed by atoms with Crippen molar-refractivity contribution in [2.75, 3.05) is 17.2 Å². The van der Waals surface area contributed by atoms with Crippen molar-refractivity contribution < 1.29 is 0 Å². The molecule has 0 fully saturated rings. The van der Waals surface area contributed by atoms with Gasteiger partial charge < -0.3 is 10.6 Å². The van der Waals surface area contributed by atoms with Crippen LogP contribution >= 0.6 is 0 Å². The SMILES string of the molecule is CCNc1nc(C(C)(C)C)nc(NC(C)(C)C)c1C. The van der Waals surface area contributed by atoms with Gasteiger partial charge in [0.2, 0.25) is 0 Å². The van der Waals surface area contributed by atoms with Crippen LogP contribution < -0.4 is 10.6 Å². The van der Waals surface area contributed by atoms with Crippen molar-refractivity contribution in [3.63, 3.8) is 0 Å². The Morgan fingerprint density at radius 2 is 1.47 bits per heavy atom. The van der Waals surface area contributed by atoms with Crippen molar-refractivity contribution in [3.05, 3.63) is 11.4 Å². The van der Waals surface area contributed by atoms with E-state index in [1.165, 1.54) is 0 Å². The fraction of sp³-hybridized carbons (Fsp3) is 0.733. The summed E-state index contributed by atoms with van der Waals surface area (Å²) in [5, 5.41) is 6.79. The van der Waals surface area contributed by atoms with Crippen LogP contribution in [0.25, 0.3) is 0 Å². The van der Waals surface area contributed by atoms with E-state index < -0.39 is 0 Å². The lowest BCUT2D eigenvalue weighted by molar-refractivity contribution is 0.543. The fourth-order valence-electron chi connectivity index (χ4n) is 1.67. The maximum atomic E-state index is 4.71. The molecule has 0 atom stereocenters. The predicted molar refractivity (Wildman–Crippen MR) is 83.0 cm³/mol. The predicted octanol–water partition coefficient (Wildman–Crippen LogP) is 3.72. The molecule has 1 rings (SSSR count). The molecule has 1 aromatic rings. The molecule has 108 valence electrons. The number of rotatable bonds is 3. The topological polar surface area (TPSA) is 49.8 Å². The van der Waals surface area contributed by atoms with Crippen molar-refractivity contribution in [2.24, 2.45) is 0 Å². The van der Waals surface area contributed by atoms with Gasteiger partial charge >= 0.3 is 0 Å². The number of aromatic nitrogens is 2. The van der Waals surface area contributed by atoms with Gasteiger partial charge in [0.15, 0.2) is 0 Å². The minimum Gasteiger partial charge on any atom is -0.370 e. The summed E-state index contributed by atoms with van der Waals surface area (Å²) in [6, 6.07) is 0. The highest BCUT2D eigenvalue weighted by atomic mass is 15.1. The first kappa shape index (κ1) is 15.7. The van der Waals surface area contributed by atoms with E-state index in [1.54, 1.807) is 0 Å². The molecule has 4 nitrogen and oxygen atoms in total. The number of hydrogen-bond donors (Lipinski definition) is 2. The minimum atomic E-state index is -0.0633. The second-order valence-corrected chi connectivity index (χ2v) is 7.02. The molecule has 0 spiro atoms. The zero-order chi connectivity index (χ0) is 14.8. The lowest BCUT2D eigenvalue weighted by atomic mass is 9.95. The van der Waals surface area contributed by atoms with E-state index >= 15 is 0 Å². The molecule has 0 bridgehead atoms. The molecule has 0 aromatic carbocycles. The summed E-state index contributed by atoms with van der Waals surface area (Å²) in [7, 11) is 0. The normalized spacial score (nSPS) is 12.4. The Hall–Kier alpha value is -1.32. The zero-order valence-corrected chi connectivity index (χ0v) is 13.6. The third kappa shape index (κ3) is 4.37. The molecule has 2 N–H and O–H groups in total. The second kappa shape index (κ2) is 5.35. The monoisotopic (exact) mass is 264 g/mol. The van der Waals surface area contributed by atoms with E-state index in [0.717, 1.165) is 29.6 Å². The van der Waals surface area contributed by atoms with Crippen molar-refractivity contribution in [1.82, 2.24) is 9.97 Å². The van der Waals surface area contributed by atoms with Crippen LogP contribution in [-0.4, -0.2) is 22.1 Å². The van der Waals surface area contributed by atoms with Gasteiger partial charge in [-0.15, -0.1) is 0 Å². The Morgan fingerprint density at radius 3 is 1.89 bits per heavy atom. The Labute approximate surface area is 117 Å². The van der Waals surface area contributed by atoms with E-state index in [2.05, 4.69) is 71.0 Å². The van der Waals surface area contributed by atoms with Crippen molar-refractivity contribution >= 4 is 11.6 Å². The minimum absolute atomic E-state index is 0.0161. The van der Waals surface area contributed by atoms with Gasteiger partial charge in [0.05, 0.1) is 0 Å². The number of anilines is 2. The Kier molecular flexibility index (Phi) is 4.43. The van der Waals surface area contributed by atoms with Crippen LogP contribution in [0.15, 0.2) is 0 Å². The van der Waals surface area contributed by atoms with Gasteiger partial charge in [-0.05, 0) is 34.6 Å². The molecule has 19 heavy (non-hydrogen) atoms. The van der Waals surface area contributed by atoms with Gasteiger partial charge in [0, 0.05) is 23.1 Å². The number of nitrogens with zero attached hydrogens (tertiary/aromatic N) is 2. The third-order valence-corrected chi connectivity index (χ3v) is 2.65. The zero-order valence-electron chi connectivity index (χ0n) is 13.6.